The van der Waals surface area contributed by atoms with Crippen LogP contribution in [0, 0.1) is 12.9 Å². The number of pyridine rings is 1. The van der Waals surface area contributed by atoms with E-state index in [2.05, 4.69) is 9.88 Å². The Morgan fingerprint density at radius 1 is 1.30 bits per heavy atom. The van der Waals surface area contributed by atoms with Crippen molar-refractivity contribution in [2.75, 3.05) is 13.1 Å². The molecule has 1 unspecified atom stereocenters. The van der Waals surface area contributed by atoms with E-state index >= 15 is 0 Å². The zero-order valence-electron chi connectivity index (χ0n) is 15.7. The maximum Gasteiger partial charge on any atom is 0.294 e. The molecule has 1 N–H and O–H groups in total. The number of likely N-dealkylation sites (tertiary alicyclic amines) is 1. The minimum atomic E-state index is -4.02. The average Bonchev–Trinajstić information content (AvgIpc) is 2.55. The Morgan fingerprint density at radius 2 is 1.93 bits per heavy atom. The molecule has 27 heavy (non-hydrogen) atoms. The maximum atomic E-state index is 13.2. The minimum absolute atomic E-state index is 0.0470. The zero-order valence-corrected chi connectivity index (χ0v) is 16.5. The fourth-order valence-electron chi connectivity index (χ4n) is 2.47. The lowest BCUT2D eigenvalue weighted by Gasteiger charge is -2.36. The van der Waals surface area contributed by atoms with Gasteiger partial charge in [0.05, 0.1) is 11.1 Å². The molecule has 8 heteroatoms. The van der Waals surface area contributed by atoms with Crippen LogP contribution in [0.15, 0.2) is 41.4 Å². The second-order valence-electron chi connectivity index (χ2n) is 6.37. The van der Waals surface area contributed by atoms with Crippen LogP contribution in [0.5, 0.6) is 5.75 Å². The first kappa shape index (κ1) is 21.3. The summed E-state index contributed by atoms with van der Waals surface area (Å²) in [7, 11) is -4.02. The summed E-state index contributed by atoms with van der Waals surface area (Å²) in [6.07, 6.45) is 3.36. The summed E-state index contributed by atoms with van der Waals surface area (Å²) in [4.78, 5) is 5.86. The lowest BCUT2D eigenvalue weighted by Crippen LogP contribution is -2.46. The van der Waals surface area contributed by atoms with Gasteiger partial charge >= 0.3 is 0 Å². The van der Waals surface area contributed by atoms with Gasteiger partial charge in [0.1, 0.15) is 12.0 Å². The van der Waals surface area contributed by atoms with Crippen molar-refractivity contribution in [2.24, 2.45) is 0 Å². The van der Waals surface area contributed by atoms with Crippen LogP contribution in [0.1, 0.15) is 31.4 Å². The summed E-state index contributed by atoms with van der Waals surface area (Å²) in [5.74, 6) is 0.254. The van der Waals surface area contributed by atoms with Crippen molar-refractivity contribution in [1.82, 2.24) is 9.88 Å². The molecule has 3 rings (SSSR count). The number of benzene rings is 1. The summed E-state index contributed by atoms with van der Waals surface area (Å²) < 4.78 is 48.4. The summed E-state index contributed by atoms with van der Waals surface area (Å²) >= 11 is 0. The van der Waals surface area contributed by atoms with Crippen LogP contribution in [-0.2, 0) is 16.5 Å². The molecule has 0 saturated carbocycles. The van der Waals surface area contributed by atoms with Gasteiger partial charge in [0.25, 0.3) is 10.1 Å². The van der Waals surface area contributed by atoms with Gasteiger partial charge in [-0.1, -0.05) is 24.6 Å². The molecule has 148 valence electrons. The highest BCUT2D eigenvalue weighted by Gasteiger charge is 2.21. The number of hydrogen-bond donors (Lipinski definition) is 1. The third kappa shape index (κ3) is 6.27. The number of halogens is 1. The van der Waals surface area contributed by atoms with E-state index in [9.17, 15) is 12.8 Å². The van der Waals surface area contributed by atoms with Crippen molar-refractivity contribution in [3.05, 3.63) is 53.6 Å². The highest BCUT2D eigenvalue weighted by molar-refractivity contribution is 7.85. The number of aryl methyl sites for hydroxylation is 2. The largest absolute Gasteiger partial charge is 0.474 e. The van der Waals surface area contributed by atoms with Crippen LogP contribution in [-0.4, -0.2) is 42.2 Å². The molecule has 1 atom stereocenters. The van der Waals surface area contributed by atoms with Gasteiger partial charge in [-0.25, -0.2) is 4.98 Å². The van der Waals surface area contributed by atoms with Crippen LogP contribution < -0.4 is 4.74 Å². The summed E-state index contributed by atoms with van der Waals surface area (Å²) in [5.41, 5.74) is 1.56. The van der Waals surface area contributed by atoms with E-state index in [1.807, 2.05) is 20.8 Å². The van der Waals surface area contributed by atoms with Crippen molar-refractivity contribution in [1.29, 1.82) is 0 Å². The van der Waals surface area contributed by atoms with Gasteiger partial charge in [0.2, 0.25) is 5.95 Å². The maximum absolute atomic E-state index is 13.2. The molecule has 2 aromatic rings. The van der Waals surface area contributed by atoms with Crippen molar-refractivity contribution < 1.29 is 22.1 Å². The Hall–Kier alpha value is -2.03. The van der Waals surface area contributed by atoms with Gasteiger partial charge < -0.3 is 4.74 Å². The molecule has 0 spiro atoms. The molecule has 1 saturated heterocycles. The van der Waals surface area contributed by atoms with Gasteiger partial charge in [-0.3, -0.25) is 9.45 Å². The third-order valence-corrected chi connectivity index (χ3v) is 5.17. The molecular weight excluding hydrogens is 371 g/mol. The van der Waals surface area contributed by atoms with Gasteiger partial charge in [-0.05, 0) is 44.9 Å². The Bertz CT molecular complexity index is 853. The van der Waals surface area contributed by atoms with E-state index < -0.39 is 16.1 Å². The fraction of sp³-hybridized carbons (Fsp3) is 0.421. The zero-order chi connectivity index (χ0) is 20.0. The number of nitrogens with zero attached hydrogens (tertiary/aromatic N) is 2. The van der Waals surface area contributed by atoms with Crippen LogP contribution in [0.25, 0.3) is 0 Å². The second-order valence-corrected chi connectivity index (χ2v) is 7.79. The molecule has 1 aliphatic rings. The molecule has 6 nitrogen and oxygen atoms in total. The SMILES string of the molecule is CCc1cc(OC(C)N2CCC2)cnc1F.Cc1ccc(S(=O)(=O)O)cc1. The highest BCUT2D eigenvalue weighted by Crippen LogP contribution is 2.19. The Labute approximate surface area is 159 Å². The molecule has 0 amide bonds. The van der Waals surface area contributed by atoms with Crippen molar-refractivity contribution >= 4 is 10.1 Å². The number of hydrogen-bond acceptors (Lipinski definition) is 5. The molecule has 0 aliphatic carbocycles. The Kier molecular flexibility index (Phi) is 7.29. The van der Waals surface area contributed by atoms with E-state index in [0.29, 0.717) is 17.7 Å². The van der Waals surface area contributed by atoms with E-state index in [0.717, 1.165) is 18.7 Å². The lowest BCUT2D eigenvalue weighted by atomic mass is 10.2. The second kappa shape index (κ2) is 9.25. The molecular formula is C19H25FN2O4S. The fourth-order valence-corrected chi connectivity index (χ4v) is 2.95. The summed E-state index contributed by atoms with van der Waals surface area (Å²) in [5, 5.41) is 0. The molecule has 0 bridgehead atoms. The van der Waals surface area contributed by atoms with E-state index in [1.54, 1.807) is 18.2 Å². The first-order chi connectivity index (χ1) is 12.7. The van der Waals surface area contributed by atoms with Gasteiger partial charge in [0.15, 0.2) is 0 Å². The standard InChI is InChI=1S/C12H17FN2O.C7H8O3S/c1-3-10-7-11(8-14-12(10)13)16-9(2)15-5-4-6-15;1-6-2-4-7(5-3-6)11(8,9)10/h7-9H,3-6H2,1-2H3;2-5H,1H3,(H,8,9,10). The Morgan fingerprint density at radius 3 is 2.41 bits per heavy atom. The van der Waals surface area contributed by atoms with Crippen LogP contribution in [0.2, 0.25) is 0 Å². The van der Waals surface area contributed by atoms with E-state index in [4.69, 9.17) is 9.29 Å². The number of ether oxygens (including phenoxy) is 1. The molecule has 1 aromatic heterocycles. The smallest absolute Gasteiger partial charge is 0.294 e. The first-order valence-electron chi connectivity index (χ1n) is 8.80. The molecule has 1 aliphatic heterocycles. The average molecular weight is 396 g/mol. The normalized spacial score (nSPS) is 15.3. The predicted octanol–water partition coefficient (Wildman–Crippen LogP) is 3.46. The van der Waals surface area contributed by atoms with Crippen LogP contribution >= 0.6 is 0 Å². The van der Waals surface area contributed by atoms with Crippen LogP contribution in [0.4, 0.5) is 4.39 Å². The molecule has 1 fully saturated rings. The lowest BCUT2D eigenvalue weighted by molar-refractivity contribution is -0.00272. The number of rotatable bonds is 5. The molecule has 0 radical (unpaired) electrons. The highest BCUT2D eigenvalue weighted by atomic mass is 32.2. The topological polar surface area (TPSA) is 79.7 Å². The molecule has 2 heterocycles. The van der Waals surface area contributed by atoms with Gasteiger partial charge in [0, 0.05) is 18.7 Å². The van der Waals surface area contributed by atoms with Gasteiger partial charge in [-0.2, -0.15) is 12.8 Å². The summed E-state index contributed by atoms with van der Waals surface area (Å²) in [6.45, 7) is 7.91. The minimum Gasteiger partial charge on any atom is -0.474 e. The van der Waals surface area contributed by atoms with Crippen molar-refractivity contribution in [3.63, 3.8) is 0 Å². The van der Waals surface area contributed by atoms with Crippen molar-refractivity contribution in [3.8, 4) is 5.75 Å². The third-order valence-electron chi connectivity index (χ3n) is 4.30. The number of aromatic nitrogens is 1. The van der Waals surface area contributed by atoms with Gasteiger partial charge in [-0.15, -0.1) is 0 Å². The monoisotopic (exact) mass is 396 g/mol. The predicted molar refractivity (Wildman–Crippen MR) is 101 cm³/mol. The van der Waals surface area contributed by atoms with Crippen LogP contribution in [0.3, 0.4) is 0 Å². The summed E-state index contributed by atoms with van der Waals surface area (Å²) in [6, 6.07) is 7.72. The first-order valence-corrected chi connectivity index (χ1v) is 10.2. The van der Waals surface area contributed by atoms with Crippen molar-refractivity contribution in [2.45, 2.75) is 44.7 Å². The van der Waals surface area contributed by atoms with E-state index in [1.165, 1.54) is 24.8 Å². The Balaban J connectivity index is 0.000000208. The molecule has 1 aromatic carbocycles. The van der Waals surface area contributed by atoms with E-state index in [-0.39, 0.29) is 11.1 Å². The quantitative estimate of drug-likeness (QED) is 0.616.